The number of nitrogens with zero attached hydrogens (tertiary/aromatic N) is 1. The average Bonchev–Trinajstić information content (AvgIpc) is 2.51. The molecule has 0 saturated heterocycles. The summed E-state index contributed by atoms with van der Waals surface area (Å²) in [5, 5.41) is 0. The van der Waals surface area contributed by atoms with E-state index in [1.54, 1.807) is 7.05 Å². The Bertz CT molecular complexity index is 591. The third kappa shape index (κ3) is 3.57. The van der Waals surface area contributed by atoms with E-state index in [4.69, 9.17) is 4.74 Å². The molecule has 1 aliphatic rings. The lowest BCUT2D eigenvalue weighted by Crippen LogP contribution is -2.54. The highest BCUT2D eigenvalue weighted by molar-refractivity contribution is 5.77. The van der Waals surface area contributed by atoms with Crippen molar-refractivity contribution >= 4 is 12.4 Å². The summed E-state index contributed by atoms with van der Waals surface area (Å²) in [6.07, 6.45) is 3.36. The molecule has 0 aromatic heterocycles. The summed E-state index contributed by atoms with van der Waals surface area (Å²) in [6.45, 7) is 7.31. The number of carbonyl (C=O) groups is 2. The summed E-state index contributed by atoms with van der Waals surface area (Å²) < 4.78 is 5.45. The van der Waals surface area contributed by atoms with Crippen LogP contribution in [0.25, 0.3) is 0 Å². The molecule has 4 nitrogen and oxygen atoms in total. The normalized spacial score (nSPS) is 20.1. The van der Waals surface area contributed by atoms with Crippen molar-refractivity contribution in [1.82, 2.24) is 4.90 Å². The van der Waals surface area contributed by atoms with E-state index in [-0.39, 0.29) is 5.92 Å². The van der Waals surface area contributed by atoms with Crippen molar-refractivity contribution in [1.29, 1.82) is 0 Å². The number of fused-ring (bicyclic) bond motifs is 1. The van der Waals surface area contributed by atoms with Gasteiger partial charge in [-0.15, -0.1) is 0 Å². The summed E-state index contributed by atoms with van der Waals surface area (Å²) >= 11 is 0. The molecule has 1 aromatic rings. The standard InChI is InChI=1S/C19H27NO3/c1-18(2,3)23-17(22)20(5)19(4,13-21)16-12-8-10-14-9-6-7-11-15(14)16/h6-7,9,11,13,16H,8,10,12H2,1-5H3. The Morgan fingerprint density at radius 1 is 1.26 bits per heavy atom. The van der Waals surface area contributed by atoms with Crippen LogP contribution in [0.1, 0.15) is 57.6 Å². The molecule has 0 N–H and O–H groups in total. The second kappa shape index (κ2) is 6.34. The lowest BCUT2D eigenvalue weighted by molar-refractivity contribution is -0.118. The number of hydrogen-bond donors (Lipinski definition) is 0. The zero-order valence-electron chi connectivity index (χ0n) is 14.8. The minimum absolute atomic E-state index is 0.0116. The van der Waals surface area contributed by atoms with Crippen molar-refractivity contribution in [2.45, 2.75) is 64.0 Å². The monoisotopic (exact) mass is 317 g/mol. The van der Waals surface area contributed by atoms with Crippen LogP contribution in [-0.2, 0) is 16.0 Å². The van der Waals surface area contributed by atoms with Crippen molar-refractivity contribution in [2.24, 2.45) is 0 Å². The van der Waals surface area contributed by atoms with Crippen LogP contribution in [0.2, 0.25) is 0 Å². The number of amides is 1. The number of benzene rings is 1. The molecular formula is C19H27NO3. The average molecular weight is 317 g/mol. The van der Waals surface area contributed by atoms with Gasteiger partial charge in [0, 0.05) is 13.0 Å². The molecule has 0 heterocycles. The third-order valence-electron chi connectivity index (χ3n) is 4.70. The Labute approximate surface area is 138 Å². The van der Waals surface area contributed by atoms with Gasteiger partial charge in [0.2, 0.25) is 0 Å². The number of ether oxygens (including phenoxy) is 1. The number of carbonyl (C=O) groups excluding carboxylic acids is 2. The fourth-order valence-electron chi connectivity index (χ4n) is 3.28. The first-order valence-electron chi connectivity index (χ1n) is 8.20. The lowest BCUT2D eigenvalue weighted by atomic mass is 9.72. The van der Waals surface area contributed by atoms with Gasteiger partial charge >= 0.3 is 6.09 Å². The molecule has 2 atom stereocenters. The molecule has 0 saturated carbocycles. The number of hydrogen-bond acceptors (Lipinski definition) is 3. The first kappa shape index (κ1) is 17.5. The topological polar surface area (TPSA) is 46.6 Å². The number of aryl methyl sites for hydroxylation is 1. The minimum atomic E-state index is -0.918. The fourth-order valence-corrected chi connectivity index (χ4v) is 3.28. The van der Waals surface area contributed by atoms with Crippen molar-refractivity contribution in [3.05, 3.63) is 35.4 Å². The molecule has 23 heavy (non-hydrogen) atoms. The molecule has 0 aliphatic heterocycles. The van der Waals surface area contributed by atoms with Crippen molar-refractivity contribution in [3.8, 4) is 0 Å². The van der Waals surface area contributed by atoms with Gasteiger partial charge in [-0.05, 0) is 58.1 Å². The zero-order valence-corrected chi connectivity index (χ0v) is 14.8. The van der Waals surface area contributed by atoms with Gasteiger partial charge in [0.05, 0.1) is 0 Å². The minimum Gasteiger partial charge on any atom is -0.444 e. The van der Waals surface area contributed by atoms with Crippen LogP contribution in [0.4, 0.5) is 4.79 Å². The molecule has 2 rings (SSSR count). The predicted molar refractivity (Wildman–Crippen MR) is 90.6 cm³/mol. The highest BCUT2D eigenvalue weighted by atomic mass is 16.6. The highest BCUT2D eigenvalue weighted by Gasteiger charge is 2.44. The van der Waals surface area contributed by atoms with E-state index in [1.807, 2.05) is 39.8 Å². The Balaban J connectivity index is 2.34. The zero-order chi connectivity index (χ0) is 17.3. The summed E-state index contributed by atoms with van der Waals surface area (Å²) in [4.78, 5) is 25.9. The maximum Gasteiger partial charge on any atom is 0.410 e. The number of likely N-dealkylation sites (N-methyl/N-ethyl adjacent to an activating group) is 1. The Morgan fingerprint density at radius 2 is 1.91 bits per heavy atom. The van der Waals surface area contributed by atoms with Gasteiger partial charge in [0.25, 0.3) is 0 Å². The second-order valence-electron chi connectivity index (χ2n) is 7.53. The maximum atomic E-state index is 12.5. The molecule has 2 unspecified atom stereocenters. The SMILES string of the molecule is CN(C(=O)OC(C)(C)C)C(C)(C=O)C1CCCc2ccccc21. The summed E-state index contributed by atoms with van der Waals surface area (Å²) in [7, 11) is 1.65. The summed E-state index contributed by atoms with van der Waals surface area (Å²) in [5.74, 6) is -0.0116. The molecule has 4 heteroatoms. The van der Waals surface area contributed by atoms with Gasteiger partial charge in [-0.25, -0.2) is 4.79 Å². The molecule has 1 aromatic carbocycles. The van der Waals surface area contributed by atoms with Crippen LogP contribution in [0.15, 0.2) is 24.3 Å². The fraction of sp³-hybridized carbons (Fsp3) is 0.579. The number of aldehydes is 1. The largest absolute Gasteiger partial charge is 0.444 e. The van der Waals surface area contributed by atoms with E-state index in [1.165, 1.54) is 16.0 Å². The van der Waals surface area contributed by atoms with Crippen molar-refractivity contribution in [3.63, 3.8) is 0 Å². The Morgan fingerprint density at radius 3 is 2.52 bits per heavy atom. The highest BCUT2D eigenvalue weighted by Crippen LogP contribution is 2.41. The van der Waals surface area contributed by atoms with Crippen molar-refractivity contribution in [2.75, 3.05) is 7.05 Å². The molecule has 0 bridgehead atoms. The molecular weight excluding hydrogens is 290 g/mol. The molecule has 126 valence electrons. The first-order valence-corrected chi connectivity index (χ1v) is 8.20. The molecule has 1 amide bonds. The van der Waals surface area contributed by atoms with Gasteiger partial charge in [-0.3, -0.25) is 4.90 Å². The molecule has 0 radical (unpaired) electrons. The second-order valence-corrected chi connectivity index (χ2v) is 7.53. The van der Waals surface area contributed by atoms with Crippen LogP contribution < -0.4 is 0 Å². The predicted octanol–water partition coefficient (Wildman–Crippen LogP) is 3.93. The smallest absolute Gasteiger partial charge is 0.410 e. The number of rotatable bonds is 3. The summed E-state index contributed by atoms with van der Waals surface area (Å²) in [5.41, 5.74) is 0.941. The van der Waals surface area contributed by atoms with E-state index >= 15 is 0 Å². The van der Waals surface area contributed by atoms with E-state index in [0.717, 1.165) is 25.5 Å². The van der Waals surface area contributed by atoms with E-state index in [2.05, 4.69) is 12.1 Å². The van der Waals surface area contributed by atoms with Gasteiger partial charge in [-0.1, -0.05) is 24.3 Å². The van der Waals surface area contributed by atoms with Gasteiger partial charge in [0.15, 0.2) is 0 Å². The molecule has 1 aliphatic carbocycles. The lowest BCUT2D eigenvalue weighted by Gasteiger charge is -2.43. The Hall–Kier alpha value is -1.84. The molecule has 0 fully saturated rings. The van der Waals surface area contributed by atoms with E-state index in [0.29, 0.717) is 0 Å². The van der Waals surface area contributed by atoms with Crippen LogP contribution in [0.3, 0.4) is 0 Å². The van der Waals surface area contributed by atoms with Crippen LogP contribution >= 0.6 is 0 Å². The van der Waals surface area contributed by atoms with Crippen LogP contribution in [-0.4, -0.2) is 35.5 Å². The van der Waals surface area contributed by atoms with E-state index < -0.39 is 17.2 Å². The van der Waals surface area contributed by atoms with Gasteiger partial charge in [0.1, 0.15) is 17.4 Å². The Kier molecular flexibility index (Phi) is 4.83. The van der Waals surface area contributed by atoms with Crippen molar-refractivity contribution < 1.29 is 14.3 Å². The third-order valence-corrected chi connectivity index (χ3v) is 4.70. The van der Waals surface area contributed by atoms with Crippen LogP contribution in [0.5, 0.6) is 0 Å². The van der Waals surface area contributed by atoms with E-state index in [9.17, 15) is 9.59 Å². The quantitative estimate of drug-likeness (QED) is 0.794. The maximum absolute atomic E-state index is 12.5. The van der Waals surface area contributed by atoms with Gasteiger partial charge < -0.3 is 9.53 Å². The first-order chi connectivity index (χ1) is 10.7. The summed E-state index contributed by atoms with van der Waals surface area (Å²) in [6, 6.07) is 8.21. The van der Waals surface area contributed by atoms with Gasteiger partial charge in [-0.2, -0.15) is 0 Å². The van der Waals surface area contributed by atoms with Crippen LogP contribution in [0, 0.1) is 0 Å². The molecule has 0 spiro atoms.